The molecule has 5 nitrogen and oxygen atoms in total. The molecule has 0 N–H and O–H groups in total. The Morgan fingerprint density at radius 3 is 2.69 bits per heavy atom. The summed E-state index contributed by atoms with van der Waals surface area (Å²) in [6.07, 6.45) is 0. The average molecular weight is 220 g/mol. The van der Waals surface area contributed by atoms with Crippen LogP contribution in [0.2, 0.25) is 0 Å². The van der Waals surface area contributed by atoms with Crippen molar-refractivity contribution in [2.24, 2.45) is 0 Å². The standard InChI is InChI=1S/C11H12N2O3/c1-7-4-5-9-10(6-7)13(16-3)11(14)8(2)12(9)15/h4-6H,1-3H3. The summed E-state index contributed by atoms with van der Waals surface area (Å²) in [5.41, 5.74) is 1.52. The highest BCUT2D eigenvalue weighted by Crippen LogP contribution is 2.10. The maximum Gasteiger partial charge on any atom is 0.352 e. The Kier molecular flexibility index (Phi) is 2.30. The first-order valence-corrected chi connectivity index (χ1v) is 4.86. The SMILES string of the molecule is COn1c(=O)c(C)[n+]([O-])c2ccc(C)cc21. The summed E-state index contributed by atoms with van der Waals surface area (Å²) in [6, 6.07) is 5.24. The van der Waals surface area contributed by atoms with E-state index >= 15 is 0 Å². The molecule has 0 spiro atoms. The van der Waals surface area contributed by atoms with Crippen LogP contribution >= 0.6 is 0 Å². The second-order valence-corrected chi connectivity index (χ2v) is 3.65. The lowest BCUT2D eigenvalue weighted by atomic mass is 10.2. The lowest BCUT2D eigenvalue weighted by Gasteiger charge is -2.10. The minimum atomic E-state index is -0.435. The van der Waals surface area contributed by atoms with Crippen molar-refractivity contribution in [1.82, 2.24) is 4.73 Å². The van der Waals surface area contributed by atoms with Gasteiger partial charge in [-0.05, 0) is 18.6 Å². The number of fused-ring (bicyclic) bond motifs is 1. The molecule has 1 heterocycles. The van der Waals surface area contributed by atoms with E-state index < -0.39 is 5.56 Å². The van der Waals surface area contributed by atoms with E-state index in [0.717, 1.165) is 10.3 Å². The lowest BCUT2D eigenvalue weighted by Crippen LogP contribution is -2.43. The first-order chi connectivity index (χ1) is 7.56. The normalized spacial score (nSPS) is 10.7. The van der Waals surface area contributed by atoms with E-state index in [9.17, 15) is 10.0 Å². The zero-order chi connectivity index (χ0) is 11.9. The van der Waals surface area contributed by atoms with E-state index in [4.69, 9.17) is 4.84 Å². The highest BCUT2D eigenvalue weighted by molar-refractivity contribution is 5.72. The highest BCUT2D eigenvalue weighted by atomic mass is 16.6. The molecule has 0 radical (unpaired) electrons. The van der Waals surface area contributed by atoms with Gasteiger partial charge < -0.3 is 10.0 Å². The van der Waals surface area contributed by atoms with Crippen molar-refractivity contribution >= 4 is 11.0 Å². The van der Waals surface area contributed by atoms with Crippen molar-refractivity contribution in [3.63, 3.8) is 0 Å². The van der Waals surface area contributed by atoms with Gasteiger partial charge in [0.25, 0.3) is 5.69 Å². The molecule has 2 rings (SSSR count). The maximum absolute atomic E-state index is 11.8. The highest BCUT2D eigenvalue weighted by Gasteiger charge is 2.17. The Bertz CT molecular complexity index is 617. The van der Waals surface area contributed by atoms with Gasteiger partial charge in [-0.25, -0.2) is 0 Å². The summed E-state index contributed by atoms with van der Waals surface area (Å²) in [4.78, 5) is 16.8. The molecule has 5 heteroatoms. The molecule has 16 heavy (non-hydrogen) atoms. The molecule has 0 aliphatic carbocycles. The number of hydrogen-bond acceptors (Lipinski definition) is 3. The van der Waals surface area contributed by atoms with Crippen molar-refractivity contribution in [3.8, 4) is 0 Å². The predicted octanol–water partition coefficient (Wildman–Crippen LogP) is 0.310. The van der Waals surface area contributed by atoms with Crippen LogP contribution in [0, 0.1) is 19.1 Å². The van der Waals surface area contributed by atoms with Gasteiger partial charge in [-0.2, -0.15) is 4.73 Å². The molecule has 0 atom stereocenters. The van der Waals surface area contributed by atoms with Crippen molar-refractivity contribution < 1.29 is 9.57 Å². The number of rotatable bonds is 1. The van der Waals surface area contributed by atoms with E-state index in [1.807, 2.05) is 13.0 Å². The fraction of sp³-hybridized carbons (Fsp3) is 0.273. The number of hydrogen-bond donors (Lipinski definition) is 0. The number of nitrogens with zero attached hydrogens (tertiary/aromatic N) is 2. The first kappa shape index (κ1) is 10.5. The van der Waals surface area contributed by atoms with Gasteiger partial charge in [0, 0.05) is 13.0 Å². The second kappa shape index (κ2) is 3.52. The molecular formula is C11H12N2O3. The largest absolute Gasteiger partial charge is 0.618 e. The molecule has 1 aromatic heterocycles. The molecule has 0 aliphatic heterocycles. The maximum atomic E-state index is 11.8. The van der Waals surface area contributed by atoms with E-state index in [0.29, 0.717) is 15.8 Å². The van der Waals surface area contributed by atoms with Gasteiger partial charge in [0.1, 0.15) is 7.11 Å². The van der Waals surface area contributed by atoms with Gasteiger partial charge in [0.2, 0.25) is 5.52 Å². The van der Waals surface area contributed by atoms with Crippen molar-refractivity contribution in [1.29, 1.82) is 0 Å². The zero-order valence-corrected chi connectivity index (χ0v) is 9.35. The first-order valence-electron chi connectivity index (χ1n) is 4.86. The fourth-order valence-corrected chi connectivity index (χ4v) is 1.67. The Hall–Kier alpha value is -2.04. The van der Waals surface area contributed by atoms with Crippen molar-refractivity contribution in [2.75, 3.05) is 7.11 Å². The van der Waals surface area contributed by atoms with Gasteiger partial charge in [-0.15, -0.1) is 4.73 Å². The average Bonchev–Trinajstić information content (AvgIpc) is 2.27. The molecule has 0 saturated heterocycles. The monoisotopic (exact) mass is 220 g/mol. The molecule has 0 bridgehead atoms. The number of benzene rings is 1. The molecule has 1 aromatic carbocycles. The predicted molar refractivity (Wildman–Crippen MR) is 59.1 cm³/mol. The molecule has 0 saturated carbocycles. The van der Waals surface area contributed by atoms with Gasteiger partial charge >= 0.3 is 5.56 Å². The molecule has 0 unspecified atom stereocenters. The van der Waals surface area contributed by atoms with Crippen LogP contribution in [0.3, 0.4) is 0 Å². The van der Waals surface area contributed by atoms with E-state index in [2.05, 4.69) is 0 Å². The van der Waals surface area contributed by atoms with Crippen LogP contribution in [0.1, 0.15) is 11.3 Å². The molecule has 2 aromatic rings. The van der Waals surface area contributed by atoms with E-state index in [1.54, 1.807) is 12.1 Å². The van der Waals surface area contributed by atoms with E-state index in [-0.39, 0.29) is 5.69 Å². The third-order valence-corrected chi connectivity index (χ3v) is 2.55. The summed E-state index contributed by atoms with van der Waals surface area (Å²) in [5, 5.41) is 11.8. The Morgan fingerprint density at radius 2 is 2.06 bits per heavy atom. The summed E-state index contributed by atoms with van der Waals surface area (Å²) in [7, 11) is 1.40. The molecule has 0 aliphatic rings. The summed E-state index contributed by atoms with van der Waals surface area (Å²) < 4.78 is 1.76. The Balaban J connectivity index is 3.04. The molecule has 0 amide bonds. The third kappa shape index (κ3) is 1.32. The molecular weight excluding hydrogens is 208 g/mol. The van der Waals surface area contributed by atoms with Crippen LogP contribution in [0.4, 0.5) is 0 Å². The van der Waals surface area contributed by atoms with Crippen LogP contribution in [-0.4, -0.2) is 11.8 Å². The van der Waals surface area contributed by atoms with Gasteiger partial charge in [-0.3, -0.25) is 4.79 Å². The van der Waals surface area contributed by atoms with Crippen molar-refractivity contribution in [2.45, 2.75) is 13.8 Å². The van der Waals surface area contributed by atoms with Crippen LogP contribution in [0.15, 0.2) is 23.0 Å². The Labute approximate surface area is 92.0 Å². The molecule has 0 fully saturated rings. The summed E-state index contributed by atoms with van der Waals surface area (Å²) in [5.74, 6) is 0. The smallest absolute Gasteiger partial charge is 0.352 e. The molecule has 84 valence electrons. The van der Waals surface area contributed by atoms with Crippen LogP contribution in [-0.2, 0) is 0 Å². The second-order valence-electron chi connectivity index (χ2n) is 3.65. The topological polar surface area (TPSA) is 58.2 Å². The third-order valence-electron chi connectivity index (χ3n) is 2.55. The lowest BCUT2D eigenvalue weighted by molar-refractivity contribution is -0.586. The van der Waals surface area contributed by atoms with Gasteiger partial charge in [0.05, 0.1) is 0 Å². The van der Waals surface area contributed by atoms with Gasteiger partial charge in [-0.1, -0.05) is 6.07 Å². The Morgan fingerprint density at radius 1 is 1.38 bits per heavy atom. The fourth-order valence-electron chi connectivity index (χ4n) is 1.67. The summed E-state index contributed by atoms with van der Waals surface area (Å²) in [6.45, 7) is 3.36. The van der Waals surface area contributed by atoms with Crippen LogP contribution in [0.5, 0.6) is 0 Å². The van der Waals surface area contributed by atoms with Crippen molar-refractivity contribution in [3.05, 3.63) is 45.0 Å². The minimum absolute atomic E-state index is 0.0956. The minimum Gasteiger partial charge on any atom is -0.618 e. The number of aromatic nitrogens is 2. The number of aryl methyl sites for hydroxylation is 1. The van der Waals surface area contributed by atoms with Crippen LogP contribution in [0.25, 0.3) is 11.0 Å². The quantitative estimate of drug-likeness (QED) is 0.513. The van der Waals surface area contributed by atoms with Gasteiger partial charge in [0.15, 0.2) is 5.52 Å². The zero-order valence-electron chi connectivity index (χ0n) is 9.35. The van der Waals surface area contributed by atoms with E-state index in [1.165, 1.54) is 14.0 Å². The van der Waals surface area contributed by atoms with Crippen LogP contribution < -0.4 is 15.1 Å². The summed E-state index contributed by atoms with van der Waals surface area (Å²) >= 11 is 0.